The largest absolute Gasteiger partial charge is 0.468 e. The van der Waals surface area contributed by atoms with Gasteiger partial charge in [0.05, 0.1) is 7.11 Å². The van der Waals surface area contributed by atoms with E-state index in [1.54, 1.807) is 0 Å². The lowest BCUT2D eigenvalue weighted by molar-refractivity contribution is -0.141. The number of hydrogen-bond donors (Lipinski definition) is 1. The van der Waals surface area contributed by atoms with Crippen molar-refractivity contribution in [3.05, 3.63) is 35.1 Å². The van der Waals surface area contributed by atoms with E-state index >= 15 is 0 Å². The van der Waals surface area contributed by atoms with Crippen LogP contribution in [0.4, 0.5) is 0 Å². The number of halogens is 1. The van der Waals surface area contributed by atoms with Gasteiger partial charge in [-0.3, -0.25) is 4.79 Å². The zero-order valence-corrected chi connectivity index (χ0v) is 10.8. The van der Waals surface area contributed by atoms with Crippen molar-refractivity contribution in [2.45, 2.75) is 13.1 Å². The summed E-state index contributed by atoms with van der Waals surface area (Å²) < 4.78 is 7.38. The van der Waals surface area contributed by atoms with Gasteiger partial charge >= 0.3 is 5.97 Å². The molecule has 0 aliphatic heterocycles. The van der Waals surface area contributed by atoms with E-state index in [1.807, 2.05) is 22.9 Å². The summed E-state index contributed by atoms with van der Waals surface area (Å²) in [6, 6.07) is 3.87. The Morgan fingerprint density at radius 1 is 1.69 bits per heavy atom. The van der Waals surface area contributed by atoms with Gasteiger partial charge in [0, 0.05) is 29.5 Å². The number of nitrogens with zero attached hydrogens (tertiary/aromatic N) is 1. The molecule has 1 N–H and O–H groups in total. The molecular weight excluding hydrogens is 272 g/mol. The molecule has 88 valence electrons. The van der Waals surface area contributed by atoms with Gasteiger partial charge in [0.2, 0.25) is 0 Å². The number of esters is 1. The summed E-state index contributed by atoms with van der Waals surface area (Å²) in [6.07, 6.45) is 1.86. The molecule has 0 saturated heterocycles. The van der Waals surface area contributed by atoms with E-state index in [9.17, 15) is 4.79 Å². The quantitative estimate of drug-likeness (QED) is 0.809. The first-order valence-corrected chi connectivity index (χ1v) is 5.67. The first kappa shape index (κ1) is 13.0. The van der Waals surface area contributed by atoms with Crippen molar-refractivity contribution in [2.24, 2.45) is 0 Å². The van der Waals surface area contributed by atoms with E-state index in [1.165, 1.54) is 7.11 Å². The number of hydrogen-bond acceptors (Lipinski definition) is 3. The van der Waals surface area contributed by atoms with Crippen LogP contribution in [0.15, 0.2) is 29.4 Å². The van der Waals surface area contributed by atoms with Crippen LogP contribution in [-0.4, -0.2) is 24.2 Å². The van der Waals surface area contributed by atoms with Crippen LogP contribution >= 0.6 is 15.9 Å². The van der Waals surface area contributed by atoms with Crippen molar-refractivity contribution in [2.75, 3.05) is 13.7 Å². The maximum absolute atomic E-state index is 11.1. The molecule has 0 fully saturated rings. The fourth-order valence-electron chi connectivity index (χ4n) is 1.29. The monoisotopic (exact) mass is 286 g/mol. The molecule has 1 heterocycles. The standard InChI is InChI=1S/C11H15BrN2O2/c1-9(12)6-13-7-10-4-3-5-14(10)8-11(15)16-2/h3-5,13H,1,6-8H2,2H3. The molecule has 0 radical (unpaired) electrons. The van der Waals surface area contributed by atoms with Crippen LogP contribution in [0, 0.1) is 0 Å². The molecule has 0 aliphatic rings. The molecule has 0 unspecified atom stereocenters. The second-order valence-electron chi connectivity index (χ2n) is 3.32. The van der Waals surface area contributed by atoms with Gasteiger partial charge in [0.15, 0.2) is 0 Å². The Hall–Kier alpha value is -1.07. The second kappa shape index (κ2) is 6.50. The molecular formula is C11H15BrN2O2. The van der Waals surface area contributed by atoms with Crippen molar-refractivity contribution in [3.63, 3.8) is 0 Å². The van der Waals surface area contributed by atoms with Crippen LogP contribution in [0.5, 0.6) is 0 Å². The number of rotatable bonds is 6. The third kappa shape index (κ3) is 4.20. The zero-order chi connectivity index (χ0) is 12.0. The van der Waals surface area contributed by atoms with Gasteiger partial charge in [0.1, 0.15) is 6.54 Å². The van der Waals surface area contributed by atoms with E-state index in [-0.39, 0.29) is 12.5 Å². The van der Waals surface area contributed by atoms with Crippen LogP contribution < -0.4 is 5.32 Å². The third-order valence-electron chi connectivity index (χ3n) is 2.07. The molecule has 0 aliphatic carbocycles. The minimum absolute atomic E-state index is 0.246. The number of ether oxygens (including phenoxy) is 1. The normalized spacial score (nSPS) is 10.1. The van der Waals surface area contributed by atoms with Crippen LogP contribution in [0.2, 0.25) is 0 Å². The van der Waals surface area contributed by atoms with Gasteiger partial charge < -0.3 is 14.6 Å². The van der Waals surface area contributed by atoms with Gasteiger partial charge in [-0.15, -0.1) is 0 Å². The van der Waals surface area contributed by atoms with Crippen LogP contribution in [0.25, 0.3) is 0 Å². The van der Waals surface area contributed by atoms with Crippen molar-refractivity contribution < 1.29 is 9.53 Å². The van der Waals surface area contributed by atoms with E-state index in [4.69, 9.17) is 0 Å². The number of carbonyl (C=O) groups is 1. The Kier molecular flexibility index (Phi) is 5.28. The highest BCUT2D eigenvalue weighted by Gasteiger charge is 2.05. The van der Waals surface area contributed by atoms with Crippen molar-refractivity contribution >= 4 is 21.9 Å². The van der Waals surface area contributed by atoms with E-state index in [0.717, 1.165) is 10.2 Å². The second-order valence-corrected chi connectivity index (χ2v) is 4.45. The van der Waals surface area contributed by atoms with Crippen LogP contribution in [-0.2, 0) is 22.6 Å². The molecule has 0 spiro atoms. The maximum Gasteiger partial charge on any atom is 0.325 e. The summed E-state index contributed by atoms with van der Waals surface area (Å²) in [5.41, 5.74) is 1.04. The SMILES string of the molecule is C=C(Br)CNCc1cccn1CC(=O)OC. The molecule has 0 saturated carbocycles. The van der Waals surface area contributed by atoms with Crippen molar-refractivity contribution in [1.82, 2.24) is 9.88 Å². The predicted octanol–water partition coefficient (Wildman–Crippen LogP) is 1.66. The lowest BCUT2D eigenvalue weighted by atomic mass is 10.4. The summed E-state index contributed by atoms with van der Waals surface area (Å²) in [5.74, 6) is -0.248. The Balaban J connectivity index is 2.50. The Morgan fingerprint density at radius 2 is 2.44 bits per heavy atom. The molecule has 4 nitrogen and oxygen atoms in total. The highest BCUT2D eigenvalue weighted by Crippen LogP contribution is 2.04. The molecule has 1 rings (SSSR count). The van der Waals surface area contributed by atoms with E-state index in [2.05, 4.69) is 32.6 Å². The summed E-state index contributed by atoms with van der Waals surface area (Å²) in [5, 5.41) is 3.20. The molecule has 5 heteroatoms. The van der Waals surface area contributed by atoms with Crippen LogP contribution in [0.3, 0.4) is 0 Å². The molecule has 16 heavy (non-hydrogen) atoms. The number of carbonyl (C=O) groups excluding carboxylic acids is 1. The lowest BCUT2D eigenvalue weighted by Gasteiger charge is -2.08. The predicted molar refractivity (Wildman–Crippen MR) is 66.2 cm³/mol. The van der Waals surface area contributed by atoms with Gasteiger partial charge in [-0.25, -0.2) is 0 Å². The van der Waals surface area contributed by atoms with Crippen molar-refractivity contribution in [1.29, 1.82) is 0 Å². The Bertz CT molecular complexity index is 374. The van der Waals surface area contributed by atoms with Crippen LogP contribution in [0.1, 0.15) is 5.69 Å². The topological polar surface area (TPSA) is 43.3 Å². The smallest absolute Gasteiger partial charge is 0.325 e. The minimum Gasteiger partial charge on any atom is -0.468 e. The lowest BCUT2D eigenvalue weighted by Crippen LogP contribution is -2.19. The molecule has 1 aromatic heterocycles. The fraction of sp³-hybridized carbons (Fsp3) is 0.364. The minimum atomic E-state index is -0.248. The average molecular weight is 287 g/mol. The summed E-state index contributed by atoms with van der Waals surface area (Å²) in [6.45, 7) is 5.36. The van der Waals surface area contributed by atoms with E-state index < -0.39 is 0 Å². The third-order valence-corrected chi connectivity index (χ3v) is 2.35. The zero-order valence-electron chi connectivity index (χ0n) is 9.20. The summed E-state index contributed by atoms with van der Waals surface area (Å²) in [7, 11) is 1.39. The molecule has 0 amide bonds. The van der Waals surface area contributed by atoms with Gasteiger partial charge in [0.25, 0.3) is 0 Å². The van der Waals surface area contributed by atoms with Gasteiger partial charge in [-0.1, -0.05) is 22.5 Å². The number of nitrogens with one attached hydrogen (secondary N) is 1. The first-order chi connectivity index (χ1) is 7.63. The van der Waals surface area contributed by atoms with E-state index in [0.29, 0.717) is 13.1 Å². The Morgan fingerprint density at radius 3 is 3.06 bits per heavy atom. The van der Waals surface area contributed by atoms with Gasteiger partial charge in [-0.2, -0.15) is 0 Å². The first-order valence-electron chi connectivity index (χ1n) is 4.88. The Labute approximate surface area is 103 Å². The van der Waals surface area contributed by atoms with Crippen molar-refractivity contribution in [3.8, 4) is 0 Å². The molecule has 0 bridgehead atoms. The molecule has 0 atom stereocenters. The maximum atomic E-state index is 11.1. The highest BCUT2D eigenvalue weighted by atomic mass is 79.9. The average Bonchev–Trinajstić information content (AvgIpc) is 2.65. The fourth-order valence-corrected chi connectivity index (χ4v) is 1.49. The molecule has 1 aromatic rings. The number of methoxy groups -OCH3 is 1. The number of aromatic nitrogens is 1. The highest BCUT2D eigenvalue weighted by molar-refractivity contribution is 9.11. The summed E-state index contributed by atoms with van der Waals surface area (Å²) >= 11 is 3.27. The molecule has 0 aromatic carbocycles. The summed E-state index contributed by atoms with van der Waals surface area (Å²) in [4.78, 5) is 11.1. The van der Waals surface area contributed by atoms with Gasteiger partial charge in [-0.05, 0) is 12.1 Å².